The second kappa shape index (κ2) is 4.63. The molecule has 0 saturated carbocycles. The van der Waals surface area contributed by atoms with Gasteiger partial charge in [-0.1, -0.05) is 0 Å². The molecule has 1 rings (SSSR count). The number of carbonyl (C=O) groups is 1. The van der Waals surface area contributed by atoms with Crippen molar-refractivity contribution in [1.82, 2.24) is 5.32 Å². The van der Waals surface area contributed by atoms with Gasteiger partial charge in [-0.3, -0.25) is 4.79 Å². The van der Waals surface area contributed by atoms with Gasteiger partial charge in [0.2, 0.25) is 0 Å². The van der Waals surface area contributed by atoms with Gasteiger partial charge in [-0.2, -0.15) is 5.26 Å². The fourth-order valence-corrected chi connectivity index (χ4v) is 1.67. The quantitative estimate of drug-likeness (QED) is 0.696. The van der Waals surface area contributed by atoms with Crippen LogP contribution in [0.25, 0.3) is 0 Å². The van der Waals surface area contributed by atoms with E-state index in [0.717, 1.165) is 19.4 Å². The van der Waals surface area contributed by atoms with Crippen molar-refractivity contribution in [2.75, 3.05) is 6.54 Å². The van der Waals surface area contributed by atoms with E-state index in [1.165, 1.54) is 0 Å². The van der Waals surface area contributed by atoms with Gasteiger partial charge in [0.15, 0.2) is 5.92 Å². The van der Waals surface area contributed by atoms with Crippen LogP contribution in [0.4, 0.5) is 0 Å². The minimum Gasteiger partial charge on any atom is -0.459 e. The van der Waals surface area contributed by atoms with Gasteiger partial charge in [0, 0.05) is 6.04 Å². The highest BCUT2D eigenvalue weighted by Gasteiger charge is 2.33. The first-order valence-electron chi connectivity index (χ1n) is 5.30. The molecule has 1 fully saturated rings. The maximum atomic E-state index is 11.7. The zero-order chi connectivity index (χ0) is 11.5. The lowest BCUT2D eigenvalue weighted by Crippen LogP contribution is -2.38. The highest BCUT2D eigenvalue weighted by molar-refractivity contribution is 5.76. The normalized spacial score (nSPS) is 23.2. The number of ether oxygens (including phenoxy) is 1. The number of nitriles is 1. The number of rotatable bonds is 2. The lowest BCUT2D eigenvalue weighted by molar-refractivity contribution is -0.158. The summed E-state index contributed by atoms with van der Waals surface area (Å²) >= 11 is 0. The maximum Gasteiger partial charge on any atom is 0.325 e. The van der Waals surface area contributed by atoms with Gasteiger partial charge in [0.25, 0.3) is 0 Å². The number of hydrogen-bond donors (Lipinski definition) is 1. The van der Waals surface area contributed by atoms with Crippen molar-refractivity contribution >= 4 is 5.97 Å². The lowest BCUT2D eigenvalue weighted by atomic mass is 10.00. The van der Waals surface area contributed by atoms with E-state index in [4.69, 9.17) is 10.00 Å². The first-order chi connectivity index (χ1) is 6.94. The third kappa shape index (κ3) is 3.52. The fraction of sp³-hybridized carbons (Fsp3) is 0.818. The zero-order valence-corrected chi connectivity index (χ0v) is 9.54. The molecule has 0 aromatic carbocycles. The average Bonchev–Trinajstić information content (AvgIpc) is 2.54. The van der Waals surface area contributed by atoms with Crippen molar-refractivity contribution in [2.24, 2.45) is 5.92 Å². The number of nitrogens with one attached hydrogen (secondary N) is 1. The highest BCUT2D eigenvalue weighted by Crippen LogP contribution is 2.18. The van der Waals surface area contributed by atoms with Crippen molar-refractivity contribution in [3.8, 4) is 6.07 Å². The van der Waals surface area contributed by atoms with E-state index in [9.17, 15) is 4.79 Å². The largest absolute Gasteiger partial charge is 0.459 e. The Morgan fingerprint density at radius 3 is 2.67 bits per heavy atom. The molecular weight excluding hydrogens is 192 g/mol. The standard InChI is InChI=1S/C11H18N2O2/c1-11(2,3)15-10(14)8(7-12)9-5-4-6-13-9/h8-9,13H,4-6H2,1-3H3/t8-,9+/m0/s1. The van der Waals surface area contributed by atoms with Crippen LogP contribution in [0.1, 0.15) is 33.6 Å². The Kier molecular flexibility index (Phi) is 3.70. The molecule has 0 spiro atoms. The molecule has 0 aromatic heterocycles. The van der Waals surface area contributed by atoms with Crippen molar-refractivity contribution < 1.29 is 9.53 Å². The summed E-state index contributed by atoms with van der Waals surface area (Å²) in [5.41, 5.74) is -0.523. The Balaban J connectivity index is 2.59. The van der Waals surface area contributed by atoms with Crippen LogP contribution in [0.5, 0.6) is 0 Å². The van der Waals surface area contributed by atoms with E-state index < -0.39 is 17.5 Å². The molecule has 0 amide bonds. The molecule has 4 heteroatoms. The van der Waals surface area contributed by atoms with Crippen LogP contribution < -0.4 is 5.32 Å². The van der Waals surface area contributed by atoms with Gasteiger partial charge in [-0.25, -0.2) is 0 Å². The second-order valence-electron chi connectivity index (χ2n) is 4.84. The van der Waals surface area contributed by atoms with Crippen LogP contribution in [0.15, 0.2) is 0 Å². The predicted molar refractivity (Wildman–Crippen MR) is 56.0 cm³/mol. The van der Waals surface area contributed by atoms with Gasteiger partial charge in [-0.15, -0.1) is 0 Å². The summed E-state index contributed by atoms with van der Waals surface area (Å²) in [4.78, 5) is 11.7. The van der Waals surface area contributed by atoms with E-state index in [0.29, 0.717) is 0 Å². The fourth-order valence-electron chi connectivity index (χ4n) is 1.67. The molecule has 1 aliphatic rings. The molecule has 1 heterocycles. The molecule has 0 unspecified atom stereocenters. The number of esters is 1. The van der Waals surface area contributed by atoms with E-state index in [1.807, 2.05) is 6.07 Å². The van der Waals surface area contributed by atoms with E-state index >= 15 is 0 Å². The van der Waals surface area contributed by atoms with Crippen LogP contribution in [0, 0.1) is 17.2 Å². The third-order valence-corrected chi connectivity index (χ3v) is 2.30. The van der Waals surface area contributed by atoms with E-state index in [2.05, 4.69) is 5.32 Å². The minimum absolute atomic E-state index is 0.0372. The maximum absolute atomic E-state index is 11.7. The molecule has 0 aromatic rings. The molecule has 1 N–H and O–H groups in total. The Bertz CT molecular complexity index is 269. The van der Waals surface area contributed by atoms with Crippen molar-refractivity contribution in [3.63, 3.8) is 0 Å². The van der Waals surface area contributed by atoms with Gasteiger partial charge in [0.1, 0.15) is 5.60 Å². The zero-order valence-electron chi connectivity index (χ0n) is 9.54. The van der Waals surface area contributed by atoms with Crippen molar-refractivity contribution in [1.29, 1.82) is 5.26 Å². The van der Waals surface area contributed by atoms with Gasteiger partial charge < -0.3 is 10.1 Å². The second-order valence-corrected chi connectivity index (χ2v) is 4.84. The first-order valence-corrected chi connectivity index (χ1v) is 5.30. The number of carbonyl (C=O) groups excluding carboxylic acids is 1. The Labute approximate surface area is 90.6 Å². The van der Waals surface area contributed by atoms with E-state index in [-0.39, 0.29) is 6.04 Å². The van der Waals surface area contributed by atoms with Crippen LogP contribution in [-0.4, -0.2) is 24.2 Å². The third-order valence-electron chi connectivity index (χ3n) is 2.30. The van der Waals surface area contributed by atoms with Gasteiger partial charge in [-0.05, 0) is 40.2 Å². The monoisotopic (exact) mass is 210 g/mol. The summed E-state index contributed by atoms with van der Waals surface area (Å²) in [6.07, 6.45) is 1.89. The summed E-state index contributed by atoms with van der Waals surface area (Å²) in [6, 6.07) is 1.99. The average molecular weight is 210 g/mol. The topological polar surface area (TPSA) is 62.1 Å². The molecule has 1 aliphatic heterocycles. The molecular formula is C11H18N2O2. The van der Waals surface area contributed by atoms with E-state index in [1.54, 1.807) is 20.8 Å². The summed E-state index contributed by atoms with van der Waals surface area (Å²) in [5, 5.41) is 12.1. The Hall–Kier alpha value is -1.08. The van der Waals surface area contributed by atoms with Crippen LogP contribution in [0.3, 0.4) is 0 Å². The van der Waals surface area contributed by atoms with Crippen molar-refractivity contribution in [2.45, 2.75) is 45.3 Å². The lowest BCUT2D eigenvalue weighted by Gasteiger charge is -2.23. The number of hydrogen-bond acceptors (Lipinski definition) is 4. The predicted octanol–water partition coefficient (Wildman–Crippen LogP) is 1.22. The molecule has 2 atom stereocenters. The molecule has 0 radical (unpaired) electrons. The van der Waals surface area contributed by atoms with Gasteiger partial charge >= 0.3 is 5.97 Å². The molecule has 1 saturated heterocycles. The van der Waals surface area contributed by atoms with Gasteiger partial charge in [0.05, 0.1) is 6.07 Å². The summed E-state index contributed by atoms with van der Waals surface area (Å²) in [6.45, 7) is 6.30. The molecule has 84 valence electrons. The van der Waals surface area contributed by atoms with Crippen molar-refractivity contribution in [3.05, 3.63) is 0 Å². The Morgan fingerprint density at radius 1 is 1.60 bits per heavy atom. The number of nitrogens with zero attached hydrogens (tertiary/aromatic N) is 1. The first kappa shape index (κ1) is 12.0. The SMILES string of the molecule is CC(C)(C)OC(=O)[C@@H](C#N)[C@H]1CCCN1. The smallest absolute Gasteiger partial charge is 0.325 e. The highest BCUT2D eigenvalue weighted by atomic mass is 16.6. The van der Waals surface area contributed by atoms with Crippen LogP contribution in [-0.2, 0) is 9.53 Å². The Morgan fingerprint density at radius 2 is 2.27 bits per heavy atom. The van der Waals surface area contributed by atoms with Crippen LogP contribution in [0.2, 0.25) is 0 Å². The minimum atomic E-state index is -0.674. The van der Waals surface area contributed by atoms with Crippen LogP contribution >= 0.6 is 0 Å². The summed E-state index contributed by atoms with van der Waals surface area (Å²) in [5.74, 6) is -1.09. The molecule has 0 bridgehead atoms. The molecule has 15 heavy (non-hydrogen) atoms. The summed E-state index contributed by atoms with van der Waals surface area (Å²) in [7, 11) is 0. The molecule has 0 aliphatic carbocycles. The molecule has 4 nitrogen and oxygen atoms in total. The summed E-state index contributed by atoms with van der Waals surface area (Å²) < 4.78 is 5.20.